The zero-order chi connectivity index (χ0) is 14.3. The molecule has 6 nitrogen and oxygen atoms in total. The van der Waals surface area contributed by atoms with Crippen molar-refractivity contribution >= 4 is 11.8 Å². The number of likely N-dealkylation sites (tertiary alicyclic amines) is 1. The number of carbonyl (C=O) groups is 2. The summed E-state index contributed by atoms with van der Waals surface area (Å²) >= 11 is 0. The summed E-state index contributed by atoms with van der Waals surface area (Å²) in [5.41, 5.74) is 3.18. The van der Waals surface area contributed by atoms with Gasteiger partial charge in [0.15, 0.2) is 0 Å². The van der Waals surface area contributed by atoms with Gasteiger partial charge in [-0.05, 0) is 19.4 Å². The summed E-state index contributed by atoms with van der Waals surface area (Å²) < 4.78 is 0. The van der Waals surface area contributed by atoms with Crippen LogP contribution in [-0.2, 0) is 16.0 Å². The largest absolute Gasteiger partial charge is 0.351 e. The monoisotopic (exact) mass is 276 g/mol. The first-order chi connectivity index (χ1) is 9.54. The molecule has 2 aliphatic rings. The second kappa shape index (κ2) is 4.92. The Bertz CT molecular complexity index is 535. The molecule has 1 aromatic heterocycles. The van der Waals surface area contributed by atoms with Crippen molar-refractivity contribution in [2.75, 3.05) is 13.1 Å². The third kappa shape index (κ3) is 2.30. The SMILES string of the molecule is Cc1[nH]nc(CCC(=O)N2C[C@@H]3CC(=O)N[C@@H]3C2)c1C. The molecule has 2 amide bonds. The summed E-state index contributed by atoms with van der Waals surface area (Å²) in [5.74, 6) is 0.587. The third-order valence-electron chi connectivity index (χ3n) is 4.52. The number of hydrogen-bond donors (Lipinski definition) is 2. The van der Waals surface area contributed by atoms with E-state index < -0.39 is 0 Å². The first-order valence-electron chi connectivity index (χ1n) is 7.12. The summed E-state index contributed by atoms with van der Waals surface area (Å²) in [7, 11) is 0. The van der Waals surface area contributed by atoms with Crippen molar-refractivity contribution in [3.63, 3.8) is 0 Å². The molecule has 2 aliphatic heterocycles. The first kappa shape index (κ1) is 13.1. The summed E-state index contributed by atoms with van der Waals surface area (Å²) in [6.45, 7) is 5.38. The molecule has 1 aromatic rings. The van der Waals surface area contributed by atoms with Crippen LogP contribution in [-0.4, -0.2) is 46.0 Å². The quantitative estimate of drug-likeness (QED) is 0.834. The number of amides is 2. The van der Waals surface area contributed by atoms with Crippen molar-refractivity contribution in [1.82, 2.24) is 20.4 Å². The zero-order valence-electron chi connectivity index (χ0n) is 11.9. The fraction of sp³-hybridized carbons (Fsp3) is 0.643. The lowest BCUT2D eigenvalue weighted by molar-refractivity contribution is -0.131. The molecule has 2 N–H and O–H groups in total. The van der Waals surface area contributed by atoms with Crippen LogP contribution in [0.1, 0.15) is 29.8 Å². The highest BCUT2D eigenvalue weighted by molar-refractivity contribution is 5.81. The van der Waals surface area contributed by atoms with E-state index >= 15 is 0 Å². The highest BCUT2D eigenvalue weighted by Crippen LogP contribution is 2.26. The lowest BCUT2D eigenvalue weighted by Gasteiger charge is -2.17. The Morgan fingerprint density at radius 3 is 2.85 bits per heavy atom. The van der Waals surface area contributed by atoms with E-state index in [1.807, 2.05) is 18.7 Å². The highest BCUT2D eigenvalue weighted by atomic mass is 16.2. The van der Waals surface area contributed by atoms with E-state index in [0.717, 1.165) is 17.0 Å². The number of nitrogens with zero attached hydrogens (tertiary/aromatic N) is 2. The topological polar surface area (TPSA) is 78.1 Å². The van der Waals surface area contributed by atoms with Gasteiger partial charge in [-0.2, -0.15) is 5.10 Å². The van der Waals surface area contributed by atoms with Gasteiger partial charge in [-0.25, -0.2) is 0 Å². The molecule has 2 fully saturated rings. The van der Waals surface area contributed by atoms with Gasteiger partial charge in [0.05, 0.1) is 11.7 Å². The summed E-state index contributed by atoms with van der Waals surface area (Å²) in [6.07, 6.45) is 1.72. The minimum Gasteiger partial charge on any atom is -0.351 e. The Morgan fingerprint density at radius 1 is 1.40 bits per heavy atom. The van der Waals surface area contributed by atoms with E-state index in [0.29, 0.717) is 38.3 Å². The Balaban J connectivity index is 1.53. The molecule has 0 saturated carbocycles. The lowest BCUT2D eigenvalue weighted by atomic mass is 10.1. The second-order valence-electron chi connectivity index (χ2n) is 5.86. The van der Waals surface area contributed by atoms with E-state index in [-0.39, 0.29) is 17.9 Å². The van der Waals surface area contributed by atoms with Crippen molar-refractivity contribution in [3.8, 4) is 0 Å². The van der Waals surface area contributed by atoms with Crippen LogP contribution in [0.5, 0.6) is 0 Å². The minimum absolute atomic E-state index is 0.120. The maximum atomic E-state index is 12.2. The number of aromatic amines is 1. The third-order valence-corrected chi connectivity index (χ3v) is 4.52. The zero-order valence-corrected chi connectivity index (χ0v) is 11.9. The van der Waals surface area contributed by atoms with Crippen LogP contribution in [0.4, 0.5) is 0 Å². The Kier molecular flexibility index (Phi) is 3.23. The molecular formula is C14H20N4O2. The molecule has 0 aliphatic carbocycles. The van der Waals surface area contributed by atoms with Crippen molar-refractivity contribution in [2.45, 2.75) is 39.2 Å². The maximum absolute atomic E-state index is 12.2. The lowest BCUT2D eigenvalue weighted by Crippen LogP contribution is -2.35. The van der Waals surface area contributed by atoms with Crippen LogP contribution in [0.2, 0.25) is 0 Å². The van der Waals surface area contributed by atoms with Gasteiger partial charge in [0.1, 0.15) is 0 Å². The van der Waals surface area contributed by atoms with Crippen LogP contribution in [0.25, 0.3) is 0 Å². The summed E-state index contributed by atoms with van der Waals surface area (Å²) in [4.78, 5) is 25.4. The van der Waals surface area contributed by atoms with Crippen LogP contribution in [0.15, 0.2) is 0 Å². The van der Waals surface area contributed by atoms with Gasteiger partial charge >= 0.3 is 0 Å². The predicted molar refractivity (Wildman–Crippen MR) is 73.0 cm³/mol. The normalized spacial score (nSPS) is 24.9. The number of aryl methyl sites for hydroxylation is 2. The molecule has 0 radical (unpaired) electrons. The van der Waals surface area contributed by atoms with Gasteiger partial charge in [-0.1, -0.05) is 0 Å². The molecular weight excluding hydrogens is 256 g/mol. The van der Waals surface area contributed by atoms with Crippen LogP contribution in [0.3, 0.4) is 0 Å². The molecule has 0 bridgehead atoms. The van der Waals surface area contributed by atoms with Gasteiger partial charge in [-0.15, -0.1) is 0 Å². The Hall–Kier alpha value is -1.85. The van der Waals surface area contributed by atoms with Gasteiger partial charge < -0.3 is 10.2 Å². The number of carbonyl (C=O) groups excluding carboxylic acids is 2. The van der Waals surface area contributed by atoms with E-state index in [1.54, 1.807) is 0 Å². The fourth-order valence-electron chi connectivity index (χ4n) is 3.11. The van der Waals surface area contributed by atoms with Gasteiger partial charge in [0, 0.05) is 44.0 Å². The van der Waals surface area contributed by atoms with Crippen molar-refractivity contribution in [2.24, 2.45) is 5.92 Å². The van der Waals surface area contributed by atoms with Crippen molar-refractivity contribution in [1.29, 1.82) is 0 Å². The van der Waals surface area contributed by atoms with Crippen LogP contribution >= 0.6 is 0 Å². The smallest absolute Gasteiger partial charge is 0.223 e. The minimum atomic E-state index is 0.120. The van der Waals surface area contributed by atoms with Gasteiger partial charge in [-0.3, -0.25) is 14.7 Å². The average Bonchev–Trinajstić information content (AvgIpc) is 3.02. The first-order valence-corrected chi connectivity index (χ1v) is 7.12. The van der Waals surface area contributed by atoms with Crippen LogP contribution in [0, 0.1) is 19.8 Å². The number of rotatable bonds is 3. The summed E-state index contributed by atoms with van der Waals surface area (Å²) in [6, 6.07) is 0.167. The number of nitrogens with one attached hydrogen (secondary N) is 2. The molecule has 6 heteroatoms. The number of hydrogen-bond acceptors (Lipinski definition) is 3. The predicted octanol–water partition coefficient (Wildman–Crippen LogP) is 0.306. The fourth-order valence-corrected chi connectivity index (χ4v) is 3.11. The highest BCUT2D eigenvalue weighted by Gasteiger charge is 2.41. The van der Waals surface area contributed by atoms with Gasteiger partial charge in [0.25, 0.3) is 0 Å². The molecule has 2 saturated heterocycles. The number of fused-ring (bicyclic) bond motifs is 1. The number of H-pyrrole nitrogens is 1. The standard InChI is InChI=1S/C14H20N4O2/c1-8-9(2)16-17-11(8)3-4-14(20)18-6-10-5-13(19)15-12(10)7-18/h10,12H,3-7H2,1-2H3,(H,15,19)(H,16,17)/t10-,12+/m0/s1. The Labute approximate surface area is 117 Å². The Morgan fingerprint density at radius 2 is 2.20 bits per heavy atom. The summed E-state index contributed by atoms with van der Waals surface area (Å²) in [5, 5.41) is 10.1. The van der Waals surface area contributed by atoms with E-state index in [9.17, 15) is 9.59 Å². The molecule has 3 rings (SSSR count). The van der Waals surface area contributed by atoms with Crippen molar-refractivity contribution < 1.29 is 9.59 Å². The molecule has 0 unspecified atom stereocenters. The maximum Gasteiger partial charge on any atom is 0.223 e. The molecule has 3 heterocycles. The van der Waals surface area contributed by atoms with Crippen molar-refractivity contribution in [3.05, 3.63) is 17.0 Å². The number of aromatic nitrogens is 2. The molecule has 0 spiro atoms. The van der Waals surface area contributed by atoms with E-state index in [2.05, 4.69) is 15.5 Å². The van der Waals surface area contributed by atoms with Gasteiger partial charge in [0.2, 0.25) is 11.8 Å². The van der Waals surface area contributed by atoms with E-state index in [4.69, 9.17) is 0 Å². The molecule has 20 heavy (non-hydrogen) atoms. The van der Waals surface area contributed by atoms with E-state index in [1.165, 1.54) is 0 Å². The molecule has 0 aromatic carbocycles. The average molecular weight is 276 g/mol. The van der Waals surface area contributed by atoms with Crippen LogP contribution < -0.4 is 5.32 Å². The molecule has 108 valence electrons. The second-order valence-corrected chi connectivity index (χ2v) is 5.86. The molecule has 2 atom stereocenters.